The van der Waals surface area contributed by atoms with Crippen LogP contribution < -0.4 is 24.2 Å². The van der Waals surface area contributed by atoms with Crippen molar-refractivity contribution in [2.75, 3.05) is 26.1 Å². The molecular weight excluding hydrogens is 514 g/mol. The maximum atomic E-state index is 13.2. The van der Waals surface area contributed by atoms with Gasteiger partial charge in [0.25, 0.3) is 10.0 Å². The molecule has 0 fully saturated rings. The van der Waals surface area contributed by atoms with Crippen molar-refractivity contribution >= 4 is 21.7 Å². The van der Waals surface area contributed by atoms with E-state index in [9.17, 15) is 13.2 Å². The SMILES string of the molecule is C=CC(=O)NCc1cnn(-c2ccc(OC)c(-c3cc(NS(=O)(=O)c4c(OC)cccc4OC)no3)c2)c1.[HH].[HH]. The Hall–Kier alpha value is -4.78. The number of ether oxygens (including phenoxy) is 3. The van der Waals surface area contributed by atoms with E-state index < -0.39 is 10.0 Å². The topological polar surface area (TPSA) is 147 Å². The van der Waals surface area contributed by atoms with Crippen LogP contribution in [0.25, 0.3) is 17.0 Å². The fraction of sp³-hybridized carbons (Fsp3) is 0.160. The van der Waals surface area contributed by atoms with Crippen LogP contribution in [0, 0.1) is 0 Å². The highest BCUT2D eigenvalue weighted by molar-refractivity contribution is 7.93. The zero-order valence-corrected chi connectivity index (χ0v) is 21.6. The molecule has 2 aromatic heterocycles. The highest BCUT2D eigenvalue weighted by Crippen LogP contribution is 2.36. The minimum absolute atomic E-state index is 0. The minimum Gasteiger partial charge on any atom is -0.496 e. The lowest BCUT2D eigenvalue weighted by Crippen LogP contribution is -2.19. The summed E-state index contributed by atoms with van der Waals surface area (Å²) >= 11 is 0. The van der Waals surface area contributed by atoms with Crippen LogP contribution in [-0.2, 0) is 21.4 Å². The Kier molecular flexibility index (Phi) is 7.67. The molecular formula is C25H29N5O7S. The molecule has 1 amide bonds. The zero-order chi connectivity index (χ0) is 27.3. The molecule has 0 bridgehead atoms. The van der Waals surface area contributed by atoms with Gasteiger partial charge < -0.3 is 24.1 Å². The fourth-order valence-corrected chi connectivity index (χ4v) is 4.91. The molecule has 12 nitrogen and oxygen atoms in total. The number of carbonyl (C=O) groups excluding carboxylic acids is 1. The number of nitrogens with zero attached hydrogens (tertiary/aromatic N) is 3. The lowest BCUT2D eigenvalue weighted by molar-refractivity contribution is -0.116. The number of amides is 1. The number of anilines is 1. The van der Waals surface area contributed by atoms with Gasteiger partial charge in [0.05, 0.1) is 38.8 Å². The van der Waals surface area contributed by atoms with Crippen molar-refractivity contribution in [3.05, 3.63) is 73.1 Å². The smallest absolute Gasteiger partial charge is 0.270 e. The van der Waals surface area contributed by atoms with Crippen LogP contribution in [0.15, 0.2) is 76.9 Å². The van der Waals surface area contributed by atoms with E-state index in [4.69, 9.17) is 18.7 Å². The number of hydrogen-bond acceptors (Lipinski definition) is 9. The van der Waals surface area contributed by atoms with Gasteiger partial charge in [-0.05, 0) is 36.4 Å². The van der Waals surface area contributed by atoms with Crippen LogP contribution in [0.5, 0.6) is 17.2 Å². The molecule has 202 valence electrons. The Labute approximate surface area is 221 Å². The first-order valence-corrected chi connectivity index (χ1v) is 12.6. The normalized spacial score (nSPS) is 11.0. The van der Waals surface area contributed by atoms with E-state index in [1.165, 1.54) is 45.6 Å². The summed E-state index contributed by atoms with van der Waals surface area (Å²) in [6, 6.07) is 11.3. The molecule has 0 spiro atoms. The minimum atomic E-state index is -4.15. The Balaban J connectivity index is 0.00000280. The summed E-state index contributed by atoms with van der Waals surface area (Å²) in [4.78, 5) is 11.3. The van der Waals surface area contributed by atoms with Crippen LogP contribution in [0.3, 0.4) is 0 Å². The first-order chi connectivity index (χ1) is 18.3. The fourth-order valence-electron chi connectivity index (χ4n) is 3.61. The predicted molar refractivity (Wildman–Crippen MR) is 142 cm³/mol. The Morgan fingerprint density at radius 3 is 2.47 bits per heavy atom. The van der Waals surface area contributed by atoms with E-state index >= 15 is 0 Å². The number of sulfonamides is 1. The largest absolute Gasteiger partial charge is 0.496 e. The van der Waals surface area contributed by atoms with Gasteiger partial charge in [0, 0.05) is 27.2 Å². The molecule has 0 radical (unpaired) electrons. The molecule has 0 aliphatic carbocycles. The first kappa shape index (κ1) is 26.3. The average Bonchev–Trinajstić information content (AvgIpc) is 3.60. The lowest BCUT2D eigenvalue weighted by atomic mass is 10.1. The third-order valence-electron chi connectivity index (χ3n) is 5.40. The van der Waals surface area contributed by atoms with Gasteiger partial charge in [-0.15, -0.1) is 0 Å². The molecule has 0 atom stereocenters. The molecule has 0 saturated carbocycles. The van der Waals surface area contributed by atoms with E-state index in [2.05, 4.69) is 26.9 Å². The standard InChI is InChI=1S/C25H25N5O7S.2H2/c1-5-24(31)26-13-16-14-27-30(15-16)17-9-10-19(34-2)18(11-17)22-12-23(28-37-22)29-38(32,33)25-20(35-3)7-6-8-21(25)36-4;;/h5-12,14-15H,1,13H2,2-4H3,(H,26,31)(H,28,29);2*1H. The molecule has 13 heteroatoms. The van der Waals surface area contributed by atoms with Crippen molar-refractivity contribution < 1.29 is 34.8 Å². The van der Waals surface area contributed by atoms with Gasteiger partial charge in [-0.3, -0.25) is 9.52 Å². The zero-order valence-electron chi connectivity index (χ0n) is 20.8. The summed E-state index contributed by atoms with van der Waals surface area (Å²) < 4.78 is 51.7. The molecule has 0 aliphatic rings. The molecule has 2 heterocycles. The summed E-state index contributed by atoms with van der Waals surface area (Å²) in [5.41, 5.74) is 1.95. The number of carbonyl (C=O) groups is 1. The van der Waals surface area contributed by atoms with Crippen LogP contribution >= 0.6 is 0 Å². The molecule has 38 heavy (non-hydrogen) atoms. The van der Waals surface area contributed by atoms with E-state index in [-0.39, 0.29) is 43.3 Å². The van der Waals surface area contributed by atoms with Crippen molar-refractivity contribution in [2.45, 2.75) is 11.4 Å². The van der Waals surface area contributed by atoms with E-state index in [0.29, 0.717) is 17.0 Å². The number of rotatable bonds is 11. The number of benzene rings is 2. The van der Waals surface area contributed by atoms with E-state index in [1.54, 1.807) is 41.3 Å². The van der Waals surface area contributed by atoms with E-state index in [1.807, 2.05) is 0 Å². The van der Waals surface area contributed by atoms with Gasteiger partial charge in [-0.25, -0.2) is 13.1 Å². The highest BCUT2D eigenvalue weighted by Gasteiger charge is 2.26. The Morgan fingerprint density at radius 1 is 1.11 bits per heavy atom. The maximum Gasteiger partial charge on any atom is 0.270 e. The quantitative estimate of drug-likeness (QED) is 0.271. The van der Waals surface area contributed by atoms with Crippen molar-refractivity contribution in [2.24, 2.45) is 0 Å². The second-order valence-electron chi connectivity index (χ2n) is 7.77. The summed E-state index contributed by atoms with van der Waals surface area (Å²) in [5.74, 6) is 0.593. The summed E-state index contributed by atoms with van der Waals surface area (Å²) in [5, 5.41) is 10.9. The van der Waals surface area contributed by atoms with Crippen molar-refractivity contribution in [3.63, 3.8) is 0 Å². The monoisotopic (exact) mass is 543 g/mol. The molecule has 4 aromatic rings. The second-order valence-corrected chi connectivity index (χ2v) is 9.39. The summed E-state index contributed by atoms with van der Waals surface area (Å²) in [7, 11) is 0.0759. The molecule has 0 unspecified atom stereocenters. The summed E-state index contributed by atoms with van der Waals surface area (Å²) in [6.07, 6.45) is 4.58. The maximum absolute atomic E-state index is 13.2. The van der Waals surface area contributed by atoms with Crippen molar-refractivity contribution in [1.29, 1.82) is 0 Å². The third-order valence-corrected chi connectivity index (χ3v) is 6.82. The van der Waals surface area contributed by atoms with Gasteiger partial charge in [0.2, 0.25) is 5.91 Å². The van der Waals surface area contributed by atoms with Gasteiger partial charge in [-0.2, -0.15) is 5.10 Å². The number of nitrogens with one attached hydrogen (secondary N) is 2. The molecule has 4 rings (SSSR count). The molecule has 0 aliphatic heterocycles. The Bertz CT molecular complexity index is 1570. The lowest BCUT2D eigenvalue weighted by Gasteiger charge is -2.13. The van der Waals surface area contributed by atoms with Crippen LogP contribution in [-0.4, -0.2) is 50.6 Å². The van der Waals surface area contributed by atoms with Gasteiger partial charge >= 0.3 is 0 Å². The van der Waals surface area contributed by atoms with Gasteiger partial charge in [-0.1, -0.05) is 17.8 Å². The molecule has 2 aromatic carbocycles. The van der Waals surface area contributed by atoms with Crippen LogP contribution in [0.2, 0.25) is 0 Å². The van der Waals surface area contributed by atoms with Gasteiger partial charge in [0.1, 0.15) is 17.2 Å². The highest BCUT2D eigenvalue weighted by atomic mass is 32.2. The van der Waals surface area contributed by atoms with Crippen molar-refractivity contribution in [1.82, 2.24) is 20.3 Å². The number of hydrogen-bond donors (Lipinski definition) is 2. The average molecular weight is 544 g/mol. The van der Waals surface area contributed by atoms with Crippen molar-refractivity contribution in [3.8, 4) is 34.3 Å². The molecule has 0 saturated heterocycles. The Morgan fingerprint density at radius 2 is 1.82 bits per heavy atom. The summed E-state index contributed by atoms with van der Waals surface area (Å²) in [6.45, 7) is 3.71. The van der Waals surface area contributed by atoms with Crippen LogP contribution in [0.4, 0.5) is 5.82 Å². The number of methoxy groups -OCH3 is 3. The van der Waals surface area contributed by atoms with Crippen LogP contribution in [0.1, 0.15) is 8.42 Å². The van der Waals surface area contributed by atoms with E-state index in [0.717, 1.165) is 5.56 Å². The second kappa shape index (κ2) is 11.1. The van der Waals surface area contributed by atoms with Gasteiger partial charge in [0.15, 0.2) is 16.5 Å². The predicted octanol–water partition coefficient (Wildman–Crippen LogP) is 3.65. The number of aromatic nitrogens is 3. The molecule has 2 N–H and O–H groups in total. The first-order valence-electron chi connectivity index (χ1n) is 11.1. The third kappa shape index (κ3) is 5.47.